The maximum Gasteiger partial charge on any atom is 0.119 e. The van der Waals surface area contributed by atoms with Crippen molar-refractivity contribution in [1.82, 2.24) is 5.32 Å². The third-order valence-electron chi connectivity index (χ3n) is 4.15. The van der Waals surface area contributed by atoms with Crippen molar-refractivity contribution in [2.75, 3.05) is 39.5 Å². The number of aliphatic hydroxyl groups is 1. The summed E-state index contributed by atoms with van der Waals surface area (Å²) in [5, 5.41) is 13.7. The molecular formula is C21H28ClNO3. The summed E-state index contributed by atoms with van der Waals surface area (Å²) < 4.78 is 10.9. The molecule has 2 aromatic rings. The quantitative estimate of drug-likeness (QED) is 0.554. The Morgan fingerprint density at radius 3 is 2.62 bits per heavy atom. The van der Waals surface area contributed by atoms with Gasteiger partial charge in [0, 0.05) is 24.1 Å². The van der Waals surface area contributed by atoms with Crippen molar-refractivity contribution in [3.8, 4) is 5.75 Å². The van der Waals surface area contributed by atoms with Gasteiger partial charge in [-0.25, -0.2) is 0 Å². The topological polar surface area (TPSA) is 50.7 Å². The maximum atomic E-state index is 9.62. The number of rotatable bonds is 12. The first-order valence-corrected chi connectivity index (χ1v) is 9.47. The molecule has 0 heterocycles. The molecule has 0 saturated heterocycles. The van der Waals surface area contributed by atoms with Gasteiger partial charge in [0.2, 0.25) is 0 Å². The molecule has 0 spiro atoms. The lowest BCUT2D eigenvalue weighted by Crippen LogP contribution is -2.25. The van der Waals surface area contributed by atoms with Crippen molar-refractivity contribution in [3.63, 3.8) is 0 Å². The number of nitrogens with one attached hydrogen (secondary N) is 1. The standard InChI is InChI=1S/C21H28ClNO3/c1-2-25-12-13-26-21-8-6-17(7-9-21)10-11-23-15-19(16-24)18-4-3-5-20(22)14-18/h3-9,14,19,23-24H,2,10-13,15-16H2,1H3. The smallest absolute Gasteiger partial charge is 0.119 e. The summed E-state index contributed by atoms with van der Waals surface area (Å²) in [5.74, 6) is 0.914. The van der Waals surface area contributed by atoms with Crippen LogP contribution in [0, 0.1) is 0 Å². The summed E-state index contributed by atoms with van der Waals surface area (Å²) in [5.41, 5.74) is 2.30. The highest BCUT2D eigenvalue weighted by Gasteiger charge is 2.10. The number of aliphatic hydroxyl groups excluding tert-OH is 1. The van der Waals surface area contributed by atoms with Crippen LogP contribution in [-0.2, 0) is 11.2 Å². The highest BCUT2D eigenvalue weighted by molar-refractivity contribution is 6.30. The molecule has 4 nitrogen and oxygen atoms in total. The lowest BCUT2D eigenvalue weighted by Gasteiger charge is -2.16. The molecule has 2 N–H and O–H groups in total. The molecule has 1 unspecified atom stereocenters. The molecule has 0 aliphatic carbocycles. The number of hydrogen-bond donors (Lipinski definition) is 2. The molecule has 0 aliphatic heterocycles. The van der Waals surface area contributed by atoms with Gasteiger partial charge in [-0.3, -0.25) is 0 Å². The first kappa shape index (κ1) is 20.7. The van der Waals surface area contributed by atoms with Gasteiger partial charge in [0.05, 0.1) is 13.2 Å². The fourth-order valence-corrected chi connectivity index (χ4v) is 2.87. The largest absolute Gasteiger partial charge is 0.491 e. The lowest BCUT2D eigenvalue weighted by molar-refractivity contribution is 0.110. The molecule has 142 valence electrons. The van der Waals surface area contributed by atoms with E-state index in [0.717, 1.165) is 30.8 Å². The van der Waals surface area contributed by atoms with Gasteiger partial charge in [-0.05, 0) is 55.3 Å². The molecule has 1 atom stereocenters. The van der Waals surface area contributed by atoms with Crippen LogP contribution in [0.25, 0.3) is 0 Å². The highest BCUT2D eigenvalue weighted by atomic mass is 35.5. The monoisotopic (exact) mass is 377 g/mol. The molecule has 0 amide bonds. The van der Waals surface area contributed by atoms with Crippen molar-refractivity contribution >= 4 is 11.6 Å². The van der Waals surface area contributed by atoms with Crippen molar-refractivity contribution in [2.45, 2.75) is 19.3 Å². The van der Waals surface area contributed by atoms with Gasteiger partial charge in [-0.15, -0.1) is 0 Å². The Labute approximate surface area is 161 Å². The van der Waals surface area contributed by atoms with E-state index in [4.69, 9.17) is 21.1 Å². The van der Waals surface area contributed by atoms with Crippen LogP contribution in [0.1, 0.15) is 24.0 Å². The van der Waals surface area contributed by atoms with Crippen LogP contribution < -0.4 is 10.1 Å². The van der Waals surface area contributed by atoms with Crippen LogP contribution in [-0.4, -0.2) is 44.6 Å². The van der Waals surface area contributed by atoms with E-state index in [1.807, 2.05) is 43.3 Å². The van der Waals surface area contributed by atoms with E-state index < -0.39 is 0 Å². The molecule has 0 aromatic heterocycles. The van der Waals surface area contributed by atoms with Crippen molar-refractivity contribution in [2.24, 2.45) is 0 Å². The molecule has 2 rings (SSSR count). The van der Waals surface area contributed by atoms with Crippen LogP contribution in [0.2, 0.25) is 5.02 Å². The van der Waals surface area contributed by atoms with Gasteiger partial charge in [-0.2, -0.15) is 0 Å². The Morgan fingerprint density at radius 2 is 1.92 bits per heavy atom. The second-order valence-corrected chi connectivity index (χ2v) is 6.51. The molecule has 5 heteroatoms. The zero-order chi connectivity index (χ0) is 18.6. The average molecular weight is 378 g/mol. The second-order valence-electron chi connectivity index (χ2n) is 6.08. The lowest BCUT2D eigenvalue weighted by atomic mass is 10.00. The molecule has 0 radical (unpaired) electrons. The normalized spacial score (nSPS) is 12.1. The van der Waals surface area contributed by atoms with E-state index in [1.165, 1.54) is 5.56 Å². The number of benzene rings is 2. The molecule has 0 saturated carbocycles. The summed E-state index contributed by atoms with van der Waals surface area (Å²) in [4.78, 5) is 0. The SMILES string of the molecule is CCOCCOc1ccc(CCNCC(CO)c2cccc(Cl)c2)cc1. The van der Waals surface area contributed by atoms with Gasteiger partial charge in [0.15, 0.2) is 0 Å². The third kappa shape index (κ3) is 7.34. The van der Waals surface area contributed by atoms with Crippen molar-refractivity contribution in [1.29, 1.82) is 0 Å². The van der Waals surface area contributed by atoms with E-state index in [1.54, 1.807) is 0 Å². The summed E-state index contributed by atoms with van der Waals surface area (Å²) >= 11 is 6.03. The van der Waals surface area contributed by atoms with E-state index in [0.29, 0.717) is 24.8 Å². The van der Waals surface area contributed by atoms with E-state index >= 15 is 0 Å². The fraction of sp³-hybridized carbons (Fsp3) is 0.429. The molecular weight excluding hydrogens is 350 g/mol. The number of hydrogen-bond acceptors (Lipinski definition) is 4. The predicted molar refractivity (Wildman–Crippen MR) is 106 cm³/mol. The van der Waals surface area contributed by atoms with Gasteiger partial charge in [0.25, 0.3) is 0 Å². The molecule has 0 aliphatic rings. The number of ether oxygens (including phenoxy) is 2. The summed E-state index contributed by atoms with van der Waals surface area (Å²) in [6, 6.07) is 15.8. The minimum atomic E-state index is 0.0508. The minimum absolute atomic E-state index is 0.0508. The fourth-order valence-electron chi connectivity index (χ4n) is 2.67. The maximum absolute atomic E-state index is 9.62. The first-order valence-electron chi connectivity index (χ1n) is 9.09. The predicted octanol–water partition coefficient (Wildman–Crippen LogP) is 3.66. The molecule has 0 fully saturated rings. The van der Waals surface area contributed by atoms with Gasteiger partial charge in [0.1, 0.15) is 12.4 Å². The van der Waals surface area contributed by atoms with E-state index in [2.05, 4.69) is 17.4 Å². The Kier molecular flexibility index (Phi) is 9.50. The zero-order valence-corrected chi connectivity index (χ0v) is 16.0. The van der Waals surface area contributed by atoms with Gasteiger partial charge < -0.3 is 19.9 Å². The van der Waals surface area contributed by atoms with Crippen LogP contribution in [0.15, 0.2) is 48.5 Å². The Morgan fingerprint density at radius 1 is 1.12 bits per heavy atom. The average Bonchev–Trinajstić information content (AvgIpc) is 2.66. The van der Waals surface area contributed by atoms with Crippen LogP contribution in [0.3, 0.4) is 0 Å². The van der Waals surface area contributed by atoms with Crippen LogP contribution in [0.4, 0.5) is 0 Å². The zero-order valence-electron chi connectivity index (χ0n) is 15.3. The minimum Gasteiger partial charge on any atom is -0.491 e. The van der Waals surface area contributed by atoms with Crippen LogP contribution >= 0.6 is 11.6 Å². The first-order chi connectivity index (χ1) is 12.7. The summed E-state index contributed by atoms with van der Waals surface area (Å²) in [6.45, 7) is 5.53. The second kappa shape index (κ2) is 11.9. The Balaban J connectivity index is 1.70. The Hall–Kier alpha value is -1.59. The highest BCUT2D eigenvalue weighted by Crippen LogP contribution is 2.19. The van der Waals surface area contributed by atoms with Crippen LogP contribution in [0.5, 0.6) is 5.75 Å². The third-order valence-corrected chi connectivity index (χ3v) is 4.38. The molecule has 2 aromatic carbocycles. The Bertz CT molecular complexity index is 633. The van der Waals surface area contributed by atoms with Gasteiger partial charge >= 0.3 is 0 Å². The summed E-state index contributed by atoms with van der Waals surface area (Å²) in [7, 11) is 0. The molecule has 26 heavy (non-hydrogen) atoms. The van der Waals surface area contributed by atoms with Crippen molar-refractivity contribution < 1.29 is 14.6 Å². The number of halogens is 1. The van der Waals surface area contributed by atoms with Gasteiger partial charge in [-0.1, -0.05) is 35.9 Å². The van der Waals surface area contributed by atoms with Crippen molar-refractivity contribution in [3.05, 3.63) is 64.7 Å². The van der Waals surface area contributed by atoms with E-state index in [-0.39, 0.29) is 12.5 Å². The van der Waals surface area contributed by atoms with E-state index in [9.17, 15) is 5.11 Å². The molecule has 0 bridgehead atoms. The summed E-state index contributed by atoms with van der Waals surface area (Å²) in [6.07, 6.45) is 0.924.